The lowest BCUT2D eigenvalue weighted by atomic mass is 9.55. The second-order valence-electron chi connectivity index (χ2n) is 6.37. The number of allylic oxidation sites excluding steroid dienone is 1. The second-order valence-corrected chi connectivity index (χ2v) is 6.37. The van der Waals surface area contributed by atoms with E-state index in [2.05, 4.69) is 33.4 Å². The van der Waals surface area contributed by atoms with E-state index in [1.807, 2.05) is 0 Å². The average Bonchev–Trinajstić information content (AvgIpc) is 2.46. The minimum atomic E-state index is 0.274. The van der Waals surface area contributed by atoms with Crippen LogP contribution in [0.2, 0.25) is 0 Å². The van der Waals surface area contributed by atoms with Gasteiger partial charge in [0.2, 0.25) is 0 Å². The van der Waals surface area contributed by atoms with Gasteiger partial charge in [0.25, 0.3) is 0 Å². The second kappa shape index (κ2) is 3.01. The monoisotopic (exact) mass is 218 g/mol. The fourth-order valence-corrected chi connectivity index (χ4v) is 3.99. The van der Waals surface area contributed by atoms with Gasteiger partial charge in [0.05, 0.1) is 12.2 Å². The predicted molar refractivity (Wildman–Crippen MR) is 66.2 cm³/mol. The van der Waals surface area contributed by atoms with Crippen LogP contribution in [0.3, 0.4) is 0 Å². The van der Waals surface area contributed by atoms with E-state index in [1.165, 1.54) is 36.8 Å². The van der Waals surface area contributed by atoms with Crippen LogP contribution < -0.4 is 0 Å². The average molecular weight is 218 g/mol. The molecule has 2 bridgehead atoms. The molecule has 1 heteroatoms. The third-order valence-electron chi connectivity index (χ3n) is 5.68. The van der Waals surface area contributed by atoms with E-state index in [4.69, 9.17) is 4.74 Å². The summed E-state index contributed by atoms with van der Waals surface area (Å²) in [5, 5.41) is 0. The number of hydrogen-bond acceptors (Lipinski definition) is 1. The van der Waals surface area contributed by atoms with E-state index in [0.29, 0.717) is 17.6 Å². The summed E-state index contributed by atoms with van der Waals surface area (Å²) in [5.41, 5.74) is 3.44. The maximum atomic E-state index is 6.26. The van der Waals surface area contributed by atoms with Crippen LogP contribution in [0.1, 0.15) is 46.5 Å². The first-order valence-corrected chi connectivity index (χ1v) is 6.49. The smallest absolute Gasteiger partial charge is 0.0828 e. The number of rotatable bonds is 0. The highest BCUT2D eigenvalue weighted by Crippen LogP contribution is 2.63. The standard InChI is InChI=1S/C15H22O/c1-10-5-7-15(4)13(9-10)16-12-6-8-14(15,3)11(12)2/h9,12-13H,2,5-8H2,1,3-4H3/t12-,13-,14+,15+/m1/s1. The minimum absolute atomic E-state index is 0.274. The summed E-state index contributed by atoms with van der Waals surface area (Å²) >= 11 is 0. The van der Waals surface area contributed by atoms with Gasteiger partial charge in [-0.2, -0.15) is 0 Å². The first-order valence-electron chi connectivity index (χ1n) is 6.49. The summed E-state index contributed by atoms with van der Waals surface area (Å²) < 4.78 is 6.26. The molecule has 0 aromatic heterocycles. The summed E-state index contributed by atoms with van der Waals surface area (Å²) in [6.07, 6.45) is 7.93. The Morgan fingerprint density at radius 2 is 2.12 bits per heavy atom. The van der Waals surface area contributed by atoms with Crippen LogP contribution in [0.15, 0.2) is 23.8 Å². The van der Waals surface area contributed by atoms with E-state index in [0.717, 1.165) is 0 Å². The van der Waals surface area contributed by atoms with Gasteiger partial charge in [-0.05, 0) is 43.6 Å². The highest BCUT2D eigenvalue weighted by Gasteiger charge is 2.60. The van der Waals surface area contributed by atoms with Crippen molar-refractivity contribution in [1.29, 1.82) is 0 Å². The molecule has 1 saturated carbocycles. The normalized spacial score (nSPS) is 51.2. The largest absolute Gasteiger partial charge is 0.366 e. The molecule has 0 aromatic carbocycles. The van der Waals surface area contributed by atoms with E-state index >= 15 is 0 Å². The van der Waals surface area contributed by atoms with Crippen LogP contribution in [0.5, 0.6) is 0 Å². The summed E-state index contributed by atoms with van der Waals surface area (Å²) in [4.78, 5) is 0. The van der Waals surface area contributed by atoms with Crippen molar-refractivity contribution in [3.8, 4) is 0 Å². The highest BCUT2D eigenvalue weighted by atomic mass is 16.5. The van der Waals surface area contributed by atoms with Crippen LogP contribution in [0, 0.1) is 10.8 Å². The molecule has 1 aliphatic heterocycles. The van der Waals surface area contributed by atoms with Gasteiger partial charge in [-0.3, -0.25) is 0 Å². The maximum Gasteiger partial charge on any atom is 0.0828 e. The Bertz CT molecular complexity index is 381. The van der Waals surface area contributed by atoms with Crippen LogP contribution in [0.4, 0.5) is 0 Å². The SMILES string of the molecule is C=C1[C@H]2CC[C@]1(C)[C@@]1(C)CCC(C)=C[C@H]1O2. The number of hydrogen-bond donors (Lipinski definition) is 0. The molecule has 0 N–H and O–H groups in total. The molecule has 4 atom stereocenters. The molecule has 0 unspecified atom stereocenters. The van der Waals surface area contributed by atoms with E-state index in [1.54, 1.807) is 0 Å². The van der Waals surface area contributed by atoms with Gasteiger partial charge >= 0.3 is 0 Å². The molecule has 88 valence electrons. The van der Waals surface area contributed by atoms with Crippen molar-refractivity contribution >= 4 is 0 Å². The van der Waals surface area contributed by atoms with Crippen LogP contribution in [0.25, 0.3) is 0 Å². The van der Waals surface area contributed by atoms with Crippen LogP contribution in [-0.4, -0.2) is 12.2 Å². The molecular weight excluding hydrogens is 196 g/mol. The van der Waals surface area contributed by atoms with Crippen molar-refractivity contribution in [3.63, 3.8) is 0 Å². The molecule has 0 aromatic rings. The lowest BCUT2D eigenvalue weighted by Gasteiger charge is -2.54. The predicted octanol–water partition coefficient (Wildman–Crippen LogP) is 3.86. The Labute approximate surface area is 98.6 Å². The van der Waals surface area contributed by atoms with Crippen molar-refractivity contribution in [2.75, 3.05) is 0 Å². The molecule has 3 aliphatic rings. The molecule has 3 rings (SSSR count). The van der Waals surface area contributed by atoms with Crippen LogP contribution in [-0.2, 0) is 4.74 Å². The summed E-state index contributed by atoms with van der Waals surface area (Å²) in [7, 11) is 0. The van der Waals surface area contributed by atoms with Crippen molar-refractivity contribution in [2.24, 2.45) is 10.8 Å². The molecule has 0 spiro atoms. The van der Waals surface area contributed by atoms with Gasteiger partial charge in [0.1, 0.15) is 0 Å². The first kappa shape index (κ1) is 10.6. The first-order chi connectivity index (χ1) is 7.47. The lowest BCUT2D eigenvalue weighted by molar-refractivity contribution is -0.107. The summed E-state index contributed by atoms with van der Waals surface area (Å²) in [6.45, 7) is 11.4. The maximum absolute atomic E-state index is 6.26. The number of fused-ring (bicyclic) bond motifs is 4. The van der Waals surface area contributed by atoms with Gasteiger partial charge in [-0.25, -0.2) is 0 Å². The van der Waals surface area contributed by atoms with Gasteiger partial charge in [0.15, 0.2) is 0 Å². The van der Waals surface area contributed by atoms with E-state index in [9.17, 15) is 0 Å². The van der Waals surface area contributed by atoms with Crippen molar-refractivity contribution in [3.05, 3.63) is 23.8 Å². The molecule has 0 amide bonds. The van der Waals surface area contributed by atoms with Gasteiger partial charge in [-0.15, -0.1) is 0 Å². The molecule has 1 nitrogen and oxygen atoms in total. The molecular formula is C15H22O. The van der Waals surface area contributed by atoms with Crippen molar-refractivity contribution < 1.29 is 4.74 Å². The van der Waals surface area contributed by atoms with E-state index in [-0.39, 0.29) is 5.41 Å². The molecule has 0 radical (unpaired) electrons. The topological polar surface area (TPSA) is 9.23 Å². The Morgan fingerprint density at radius 1 is 1.38 bits per heavy atom. The molecule has 16 heavy (non-hydrogen) atoms. The van der Waals surface area contributed by atoms with E-state index < -0.39 is 0 Å². The van der Waals surface area contributed by atoms with Gasteiger partial charge in [0, 0.05) is 5.41 Å². The fraction of sp³-hybridized carbons (Fsp3) is 0.733. The Balaban J connectivity index is 2.09. The molecule has 2 aliphatic carbocycles. The zero-order valence-electron chi connectivity index (χ0n) is 10.7. The van der Waals surface area contributed by atoms with Crippen molar-refractivity contribution in [1.82, 2.24) is 0 Å². The highest BCUT2D eigenvalue weighted by molar-refractivity contribution is 5.32. The minimum Gasteiger partial charge on any atom is -0.366 e. The van der Waals surface area contributed by atoms with Crippen LogP contribution >= 0.6 is 0 Å². The lowest BCUT2D eigenvalue weighted by Crippen LogP contribution is -2.52. The summed E-state index contributed by atoms with van der Waals surface area (Å²) in [6, 6.07) is 0. The van der Waals surface area contributed by atoms with Crippen molar-refractivity contribution in [2.45, 2.75) is 58.7 Å². The molecule has 1 saturated heterocycles. The third kappa shape index (κ3) is 1.05. The number of ether oxygens (including phenoxy) is 1. The fourth-order valence-electron chi connectivity index (χ4n) is 3.99. The Hall–Kier alpha value is -0.560. The summed E-state index contributed by atoms with van der Waals surface area (Å²) in [5.74, 6) is 0. The van der Waals surface area contributed by atoms with Gasteiger partial charge < -0.3 is 4.74 Å². The third-order valence-corrected chi connectivity index (χ3v) is 5.68. The Morgan fingerprint density at radius 3 is 2.88 bits per heavy atom. The quantitative estimate of drug-likeness (QED) is 0.561. The van der Waals surface area contributed by atoms with Gasteiger partial charge in [-0.1, -0.05) is 32.1 Å². The Kier molecular flexibility index (Phi) is 1.99. The molecule has 1 heterocycles. The zero-order valence-corrected chi connectivity index (χ0v) is 10.7. The molecule has 2 fully saturated rings. The zero-order chi connectivity index (χ0) is 11.6.